The minimum Gasteiger partial charge on any atom is -0.280 e. The Balaban J connectivity index is 1.93. The summed E-state index contributed by atoms with van der Waals surface area (Å²) in [5, 5.41) is 1.56. The van der Waals surface area contributed by atoms with E-state index in [1.165, 1.54) is 19.1 Å². The van der Waals surface area contributed by atoms with E-state index in [4.69, 9.17) is 0 Å². The number of hydrogen-bond acceptors (Lipinski definition) is 5. The fourth-order valence-electron chi connectivity index (χ4n) is 2.45. The molecule has 0 aliphatic rings. The number of carbonyl (C=O) groups excluding carboxylic acids is 1. The Morgan fingerprint density at radius 2 is 1.63 bits per heavy atom. The van der Waals surface area contributed by atoms with Crippen molar-refractivity contribution in [3.8, 4) is 0 Å². The Morgan fingerprint density at radius 3 is 2.30 bits per heavy atom. The number of anilines is 3. The van der Waals surface area contributed by atoms with Gasteiger partial charge < -0.3 is 0 Å². The van der Waals surface area contributed by atoms with Crippen LogP contribution in [0.1, 0.15) is 6.92 Å². The summed E-state index contributed by atoms with van der Waals surface area (Å²) >= 11 is 0. The Kier molecular flexibility index (Phi) is 5.37. The molecule has 7 nitrogen and oxygen atoms in total. The van der Waals surface area contributed by atoms with E-state index in [2.05, 4.69) is 15.1 Å². The van der Waals surface area contributed by atoms with Crippen LogP contribution in [0.4, 0.5) is 17.1 Å². The number of carbonyl (C=O) groups is 1. The fourth-order valence-corrected chi connectivity index (χ4v) is 3.52. The molecule has 3 aromatic rings. The molecule has 0 radical (unpaired) electrons. The lowest BCUT2D eigenvalue weighted by atomic mass is 10.2. The van der Waals surface area contributed by atoms with Gasteiger partial charge >= 0.3 is 0 Å². The van der Waals surface area contributed by atoms with Crippen LogP contribution in [0.25, 0.3) is 0 Å². The molecule has 3 rings (SSSR count). The quantitative estimate of drug-likeness (QED) is 0.639. The average molecular weight is 382 g/mol. The van der Waals surface area contributed by atoms with Crippen molar-refractivity contribution >= 4 is 33.0 Å². The molecule has 0 saturated carbocycles. The average Bonchev–Trinajstić information content (AvgIpc) is 2.67. The highest BCUT2D eigenvalue weighted by atomic mass is 32.2. The van der Waals surface area contributed by atoms with Gasteiger partial charge in [0.1, 0.15) is 0 Å². The van der Waals surface area contributed by atoms with Gasteiger partial charge in [0.15, 0.2) is 0 Å². The van der Waals surface area contributed by atoms with E-state index in [1.54, 1.807) is 72.0 Å². The Hall–Kier alpha value is -3.39. The van der Waals surface area contributed by atoms with Crippen molar-refractivity contribution < 1.29 is 13.2 Å². The third-order valence-corrected chi connectivity index (χ3v) is 5.00. The number of benzene rings is 2. The first-order valence-corrected chi connectivity index (χ1v) is 9.59. The summed E-state index contributed by atoms with van der Waals surface area (Å²) in [5.41, 5.74) is 4.37. The SMILES string of the molecule is CC(=O)NN(c1ccncc1)c1cccc(NS(=O)(=O)c2ccccc2)c1. The number of nitrogens with zero attached hydrogens (tertiary/aromatic N) is 2. The van der Waals surface area contributed by atoms with Crippen LogP contribution in [0.15, 0.2) is 84.0 Å². The van der Waals surface area contributed by atoms with Crippen LogP contribution in [0.2, 0.25) is 0 Å². The molecule has 1 amide bonds. The van der Waals surface area contributed by atoms with Crippen LogP contribution in [-0.4, -0.2) is 19.3 Å². The second-order valence-corrected chi connectivity index (χ2v) is 7.36. The molecule has 0 aliphatic carbocycles. The van der Waals surface area contributed by atoms with Gasteiger partial charge in [-0.15, -0.1) is 0 Å². The lowest BCUT2D eigenvalue weighted by Crippen LogP contribution is -2.37. The molecule has 2 aromatic carbocycles. The van der Waals surface area contributed by atoms with Crippen molar-refractivity contribution in [2.75, 3.05) is 9.73 Å². The number of hydrogen-bond donors (Lipinski definition) is 2. The number of aromatic nitrogens is 1. The molecule has 1 aromatic heterocycles. The summed E-state index contributed by atoms with van der Waals surface area (Å²) < 4.78 is 27.6. The fraction of sp³-hybridized carbons (Fsp3) is 0.0526. The molecule has 0 fully saturated rings. The van der Waals surface area contributed by atoms with Gasteiger partial charge in [-0.3, -0.25) is 24.9 Å². The van der Waals surface area contributed by atoms with E-state index in [0.717, 1.165) is 0 Å². The Morgan fingerprint density at radius 1 is 0.926 bits per heavy atom. The van der Waals surface area contributed by atoms with Gasteiger partial charge in [0.25, 0.3) is 10.0 Å². The zero-order chi connectivity index (χ0) is 19.3. The zero-order valence-corrected chi connectivity index (χ0v) is 15.3. The van der Waals surface area contributed by atoms with Crippen LogP contribution in [-0.2, 0) is 14.8 Å². The van der Waals surface area contributed by atoms with E-state index in [-0.39, 0.29) is 10.8 Å². The maximum Gasteiger partial charge on any atom is 0.261 e. The molecule has 8 heteroatoms. The van der Waals surface area contributed by atoms with Gasteiger partial charge in [0, 0.05) is 19.3 Å². The van der Waals surface area contributed by atoms with Crippen LogP contribution in [0, 0.1) is 0 Å². The van der Waals surface area contributed by atoms with Crippen molar-refractivity contribution in [1.82, 2.24) is 10.4 Å². The third-order valence-electron chi connectivity index (χ3n) is 3.60. The summed E-state index contributed by atoms with van der Waals surface area (Å²) in [4.78, 5) is 15.8. The summed E-state index contributed by atoms with van der Waals surface area (Å²) in [6.45, 7) is 1.40. The van der Waals surface area contributed by atoms with Crippen LogP contribution in [0.5, 0.6) is 0 Å². The molecule has 0 unspecified atom stereocenters. The maximum absolute atomic E-state index is 12.5. The predicted molar refractivity (Wildman–Crippen MR) is 104 cm³/mol. The molecule has 138 valence electrons. The number of nitrogens with one attached hydrogen (secondary N) is 2. The monoisotopic (exact) mass is 382 g/mol. The lowest BCUT2D eigenvalue weighted by molar-refractivity contribution is -0.118. The summed E-state index contributed by atoms with van der Waals surface area (Å²) in [7, 11) is -3.71. The van der Waals surface area contributed by atoms with Gasteiger partial charge in [-0.1, -0.05) is 24.3 Å². The normalized spacial score (nSPS) is 10.9. The number of pyridine rings is 1. The van der Waals surface area contributed by atoms with E-state index < -0.39 is 10.0 Å². The molecular weight excluding hydrogens is 364 g/mol. The molecule has 0 aliphatic heterocycles. The van der Waals surface area contributed by atoms with Crippen molar-refractivity contribution in [2.24, 2.45) is 0 Å². The first-order chi connectivity index (χ1) is 13.0. The molecule has 1 heterocycles. The highest BCUT2D eigenvalue weighted by Crippen LogP contribution is 2.26. The second kappa shape index (κ2) is 7.88. The number of amides is 1. The Labute approximate surface area is 157 Å². The van der Waals surface area contributed by atoms with Crippen molar-refractivity contribution in [3.63, 3.8) is 0 Å². The molecule has 0 saturated heterocycles. The first kappa shape index (κ1) is 18.4. The minimum absolute atomic E-state index is 0.170. The van der Waals surface area contributed by atoms with E-state index >= 15 is 0 Å². The van der Waals surface area contributed by atoms with Crippen LogP contribution < -0.4 is 15.2 Å². The van der Waals surface area contributed by atoms with E-state index in [1.807, 2.05) is 0 Å². The van der Waals surface area contributed by atoms with Crippen LogP contribution >= 0.6 is 0 Å². The molecule has 0 bridgehead atoms. The smallest absolute Gasteiger partial charge is 0.261 e. The van der Waals surface area contributed by atoms with Crippen molar-refractivity contribution in [3.05, 3.63) is 79.1 Å². The first-order valence-electron chi connectivity index (χ1n) is 8.11. The summed E-state index contributed by atoms with van der Waals surface area (Å²) in [5.74, 6) is -0.262. The molecular formula is C19H18N4O3S. The Bertz CT molecular complexity index is 1030. The van der Waals surface area contributed by atoms with Gasteiger partial charge in [0.2, 0.25) is 5.91 Å². The molecule has 2 N–H and O–H groups in total. The largest absolute Gasteiger partial charge is 0.280 e. The lowest BCUT2D eigenvalue weighted by Gasteiger charge is -2.25. The summed E-state index contributed by atoms with van der Waals surface area (Å²) in [6.07, 6.45) is 3.21. The minimum atomic E-state index is -3.71. The highest BCUT2D eigenvalue weighted by molar-refractivity contribution is 7.92. The predicted octanol–water partition coefficient (Wildman–Crippen LogP) is 3.07. The van der Waals surface area contributed by atoms with Crippen LogP contribution in [0.3, 0.4) is 0 Å². The highest BCUT2D eigenvalue weighted by Gasteiger charge is 2.15. The molecule has 27 heavy (non-hydrogen) atoms. The number of hydrazine groups is 1. The van der Waals surface area contributed by atoms with Crippen molar-refractivity contribution in [2.45, 2.75) is 11.8 Å². The van der Waals surface area contributed by atoms with Gasteiger partial charge in [-0.25, -0.2) is 8.42 Å². The molecule has 0 spiro atoms. The maximum atomic E-state index is 12.5. The standard InChI is InChI=1S/C19H18N4O3S/c1-15(24)21-23(17-10-12-20-13-11-17)18-7-5-6-16(14-18)22-27(25,26)19-8-3-2-4-9-19/h2-14,22H,1H3,(H,21,24). The van der Waals surface area contributed by atoms with Crippen molar-refractivity contribution in [1.29, 1.82) is 0 Å². The van der Waals surface area contributed by atoms with Gasteiger partial charge in [0.05, 0.1) is 22.0 Å². The molecule has 0 atom stereocenters. The zero-order valence-electron chi connectivity index (χ0n) is 14.5. The summed E-state index contributed by atoms with van der Waals surface area (Å²) in [6, 6.07) is 18.3. The van der Waals surface area contributed by atoms with Gasteiger partial charge in [-0.05, 0) is 42.5 Å². The van der Waals surface area contributed by atoms with E-state index in [9.17, 15) is 13.2 Å². The number of sulfonamides is 1. The van der Waals surface area contributed by atoms with Gasteiger partial charge in [-0.2, -0.15) is 0 Å². The van der Waals surface area contributed by atoms with E-state index in [0.29, 0.717) is 17.1 Å². The second-order valence-electron chi connectivity index (χ2n) is 5.68. The third kappa shape index (κ3) is 4.62. The topological polar surface area (TPSA) is 91.4 Å². The number of rotatable bonds is 6.